The highest BCUT2D eigenvalue weighted by molar-refractivity contribution is 6.05. The van der Waals surface area contributed by atoms with Gasteiger partial charge in [0.15, 0.2) is 6.61 Å². The molecule has 8 heteroatoms. The quantitative estimate of drug-likeness (QED) is 0.662. The number of hydrogen-bond acceptors (Lipinski definition) is 6. The lowest BCUT2D eigenvalue weighted by Gasteiger charge is -2.08. The van der Waals surface area contributed by atoms with E-state index in [1.165, 1.54) is 7.05 Å². The van der Waals surface area contributed by atoms with Gasteiger partial charge in [-0.25, -0.2) is 4.68 Å². The highest BCUT2D eigenvalue weighted by atomic mass is 16.5. The molecule has 2 aromatic carbocycles. The van der Waals surface area contributed by atoms with Gasteiger partial charge >= 0.3 is 5.97 Å². The summed E-state index contributed by atoms with van der Waals surface area (Å²) in [7, 11) is 1.49. The minimum absolute atomic E-state index is 0.214. The Kier molecular flexibility index (Phi) is 5.59. The molecule has 28 heavy (non-hydrogen) atoms. The molecule has 0 aliphatic carbocycles. The van der Waals surface area contributed by atoms with E-state index >= 15 is 0 Å². The summed E-state index contributed by atoms with van der Waals surface area (Å²) in [6, 6.07) is 15.0. The minimum Gasteiger partial charge on any atom is -0.455 e. The van der Waals surface area contributed by atoms with Crippen LogP contribution in [0.2, 0.25) is 0 Å². The number of carbonyl (C=O) groups is 3. The molecular formula is C20H17N3O5. The largest absolute Gasteiger partial charge is 0.455 e. The van der Waals surface area contributed by atoms with Gasteiger partial charge in [-0.2, -0.15) is 5.10 Å². The Hall–Kier alpha value is -3.81. The molecule has 1 heterocycles. The number of nitrogens with zero attached hydrogens (tertiary/aromatic N) is 2. The van der Waals surface area contributed by atoms with E-state index in [1.807, 2.05) is 0 Å². The third-order valence-corrected chi connectivity index (χ3v) is 4.00. The van der Waals surface area contributed by atoms with Gasteiger partial charge in [-0.15, -0.1) is 0 Å². The number of nitrogens with one attached hydrogen (secondary N) is 1. The van der Waals surface area contributed by atoms with Crippen molar-refractivity contribution < 1.29 is 19.1 Å². The highest BCUT2D eigenvalue weighted by Gasteiger charge is 2.16. The second kappa shape index (κ2) is 8.26. The first-order chi connectivity index (χ1) is 13.5. The molecule has 2 amide bonds. The SMILES string of the molecule is Cn1nc(CC(=O)OCC(=O)NC(=O)c2ccccc2)c2ccccc2c1=O. The number of esters is 1. The van der Waals surface area contributed by atoms with Crippen LogP contribution in [0.3, 0.4) is 0 Å². The molecule has 1 N–H and O–H groups in total. The van der Waals surface area contributed by atoms with Crippen LogP contribution in [0.5, 0.6) is 0 Å². The summed E-state index contributed by atoms with van der Waals surface area (Å²) < 4.78 is 6.08. The van der Waals surface area contributed by atoms with Crippen LogP contribution in [0.15, 0.2) is 59.4 Å². The Balaban J connectivity index is 1.61. The van der Waals surface area contributed by atoms with E-state index < -0.39 is 24.4 Å². The first-order valence-corrected chi connectivity index (χ1v) is 8.45. The molecule has 0 saturated carbocycles. The average molecular weight is 379 g/mol. The molecule has 142 valence electrons. The molecule has 3 aromatic rings. The fraction of sp³-hybridized carbons (Fsp3) is 0.150. The highest BCUT2D eigenvalue weighted by Crippen LogP contribution is 2.13. The van der Waals surface area contributed by atoms with Crippen molar-refractivity contribution >= 4 is 28.6 Å². The summed E-state index contributed by atoms with van der Waals surface area (Å²) in [6.45, 7) is -0.596. The van der Waals surface area contributed by atoms with Crippen molar-refractivity contribution in [3.05, 3.63) is 76.2 Å². The number of benzene rings is 2. The van der Waals surface area contributed by atoms with Crippen LogP contribution < -0.4 is 10.9 Å². The number of imide groups is 1. The molecule has 0 aliphatic rings. The summed E-state index contributed by atoms with van der Waals surface area (Å²) >= 11 is 0. The molecule has 0 fully saturated rings. The molecule has 8 nitrogen and oxygen atoms in total. The Bertz CT molecular complexity index is 1110. The van der Waals surface area contributed by atoms with Gasteiger partial charge < -0.3 is 4.74 Å². The summed E-state index contributed by atoms with van der Waals surface area (Å²) in [5, 5.41) is 7.24. The Morgan fingerprint density at radius 2 is 1.64 bits per heavy atom. The number of fused-ring (bicyclic) bond motifs is 1. The molecule has 0 saturated heterocycles. The van der Waals surface area contributed by atoms with Gasteiger partial charge in [0.25, 0.3) is 17.4 Å². The van der Waals surface area contributed by atoms with Crippen molar-refractivity contribution in [3.8, 4) is 0 Å². The van der Waals surface area contributed by atoms with Gasteiger partial charge in [-0.05, 0) is 18.2 Å². The van der Waals surface area contributed by atoms with Gasteiger partial charge in [0.1, 0.15) is 0 Å². The van der Waals surface area contributed by atoms with Gasteiger partial charge in [0.05, 0.1) is 17.5 Å². The number of ether oxygens (including phenoxy) is 1. The predicted molar refractivity (Wildman–Crippen MR) is 101 cm³/mol. The molecule has 0 aliphatic heterocycles. The maximum absolute atomic E-state index is 12.1. The van der Waals surface area contributed by atoms with Crippen LogP contribution >= 0.6 is 0 Å². The summed E-state index contributed by atoms with van der Waals surface area (Å²) in [6.07, 6.45) is -0.214. The van der Waals surface area contributed by atoms with E-state index in [0.717, 1.165) is 4.68 Å². The molecule has 3 rings (SSSR count). The van der Waals surface area contributed by atoms with Crippen LogP contribution in [0, 0.1) is 0 Å². The lowest BCUT2D eigenvalue weighted by Crippen LogP contribution is -2.34. The number of carbonyl (C=O) groups excluding carboxylic acids is 3. The third kappa shape index (κ3) is 4.29. The van der Waals surface area contributed by atoms with E-state index in [-0.39, 0.29) is 12.0 Å². The van der Waals surface area contributed by atoms with Crippen molar-refractivity contribution in [1.29, 1.82) is 0 Å². The van der Waals surface area contributed by atoms with E-state index in [1.54, 1.807) is 54.6 Å². The Morgan fingerprint density at radius 1 is 1.00 bits per heavy atom. The van der Waals surface area contributed by atoms with Gasteiger partial charge in [-0.1, -0.05) is 36.4 Å². The zero-order chi connectivity index (χ0) is 20.1. The fourth-order valence-electron chi connectivity index (χ4n) is 2.66. The molecule has 0 spiro atoms. The average Bonchev–Trinajstić information content (AvgIpc) is 2.71. The van der Waals surface area contributed by atoms with Crippen LogP contribution in [0.25, 0.3) is 10.8 Å². The second-order valence-electron chi connectivity index (χ2n) is 6.00. The van der Waals surface area contributed by atoms with Crippen LogP contribution in [0.1, 0.15) is 16.1 Å². The standard InChI is InChI=1S/C20H17N3O5/c1-23-20(27)15-10-6-5-9-14(15)16(22-23)11-18(25)28-12-17(24)21-19(26)13-7-3-2-4-8-13/h2-10H,11-12H2,1H3,(H,21,24,26). The lowest BCUT2D eigenvalue weighted by atomic mass is 10.1. The molecule has 1 aromatic heterocycles. The number of aromatic nitrogens is 2. The number of hydrogen-bond donors (Lipinski definition) is 1. The Labute approximate surface area is 159 Å². The third-order valence-electron chi connectivity index (χ3n) is 4.00. The Morgan fingerprint density at radius 3 is 2.36 bits per heavy atom. The van der Waals surface area contributed by atoms with Gasteiger partial charge in [0, 0.05) is 18.0 Å². The maximum atomic E-state index is 12.1. The number of amides is 2. The van der Waals surface area contributed by atoms with Crippen molar-refractivity contribution in [2.45, 2.75) is 6.42 Å². The first-order valence-electron chi connectivity index (χ1n) is 8.45. The molecular weight excluding hydrogens is 362 g/mol. The minimum atomic E-state index is -0.736. The van der Waals surface area contributed by atoms with Crippen LogP contribution in [0.4, 0.5) is 0 Å². The molecule has 0 unspecified atom stereocenters. The van der Waals surface area contributed by atoms with Crippen molar-refractivity contribution in [2.24, 2.45) is 7.05 Å². The predicted octanol–water partition coefficient (Wildman–Crippen LogP) is 0.976. The second-order valence-corrected chi connectivity index (χ2v) is 6.00. The molecule has 0 bridgehead atoms. The fourth-order valence-corrected chi connectivity index (χ4v) is 2.66. The van der Waals surface area contributed by atoms with Crippen molar-refractivity contribution in [3.63, 3.8) is 0 Å². The van der Waals surface area contributed by atoms with Crippen LogP contribution in [-0.4, -0.2) is 34.2 Å². The van der Waals surface area contributed by atoms with Crippen molar-refractivity contribution in [2.75, 3.05) is 6.61 Å². The van der Waals surface area contributed by atoms with Crippen molar-refractivity contribution in [1.82, 2.24) is 15.1 Å². The number of rotatable bonds is 5. The first kappa shape index (κ1) is 19.0. The van der Waals surface area contributed by atoms with Gasteiger partial charge in [-0.3, -0.25) is 24.5 Å². The molecule has 0 atom stereocenters. The van der Waals surface area contributed by atoms with E-state index in [0.29, 0.717) is 22.0 Å². The zero-order valence-corrected chi connectivity index (χ0v) is 15.0. The van der Waals surface area contributed by atoms with Gasteiger partial charge in [0.2, 0.25) is 0 Å². The summed E-state index contributed by atoms with van der Waals surface area (Å²) in [5.74, 6) is -2.01. The molecule has 0 radical (unpaired) electrons. The zero-order valence-electron chi connectivity index (χ0n) is 15.0. The smallest absolute Gasteiger partial charge is 0.312 e. The van der Waals surface area contributed by atoms with E-state index in [9.17, 15) is 19.2 Å². The normalized spacial score (nSPS) is 10.5. The lowest BCUT2D eigenvalue weighted by molar-refractivity contribution is -0.147. The topological polar surface area (TPSA) is 107 Å². The van der Waals surface area contributed by atoms with Crippen LogP contribution in [-0.2, 0) is 27.8 Å². The maximum Gasteiger partial charge on any atom is 0.312 e. The van der Waals surface area contributed by atoms with E-state index in [2.05, 4.69) is 10.4 Å². The van der Waals surface area contributed by atoms with E-state index in [4.69, 9.17) is 4.74 Å². The summed E-state index contributed by atoms with van der Waals surface area (Å²) in [4.78, 5) is 47.9. The number of aryl methyl sites for hydroxylation is 1. The monoisotopic (exact) mass is 379 g/mol. The summed E-state index contributed by atoms with van der Waals surface area (Å²) in [5.41, 5.74) is 0.415.